The van der Waals surface area contributed by atoms with Crippen LogP contribution in [0.1, 0.15) is 31.4 Å². The van der Waals surface area contributed by atoms with Crippen LogP contribution in [0.2, 0.25) is 0 Å². The molecule has 1 aromatic rings. The van der Waals surface area contributed by atoms with E-state index in [9.17, 15) is 8.42 Å². The highest BCUT2D eigenvalue weighted by Gasteiger charge is 2.12. The largest absolute Gasteiger partial charge is 0.493 e. The highest BCUT2D eigenvalue weighted by molar-refractivity contribution is 7.89. The zero-order valence-electron chi connectivity index (χ0n) is 12.8. The fourth-order valence-corrected chi connectivity index (χ4v) is 2.66. The average Bonchev–Trinajstić information content (AvgIpc) is 2.45. The first-order valence-corrected chi connectivity index (χ1v) is 8.58. The van der Waals surface area contributed by atoms with Crippen LogP contribution in [0.25, 0.3) is 0 Å². The lowest BCUT2D eigenvalue weighted by molar-refractivity contribution is 0.353. The van der Waals surface area contributed by atoms with Crippen molar-refractivity contribution in [3.63, 3.8) is 0 Å². The normalized spacial score (nSPS) is 13.0. The van der Waals surface area contributed by atoms with Crippen LogP contribution in [0.3, 0.4) is 0 Å². The number of nitrogens with two attached hydrogens (primary N) is 1. The van der Waals surface area contributed by atoms with E-state index in [1.807, 2.05) is 18.2 Å². The number of methoxy groups -OCH3 is 2. The Labute approximate surface area is 126 Å². The van der Waals surface area contributed by atoms with E-state index in [0.717, 1.165) is 12.0 Å². The van der Waals surface area contributed by atoms with Gasteiger partial charge in [-0.2, -0.15) is 0 Å². The molecule has 3 N–H and O–H groups in total. The number of benzene rings is 1. The second-order valence-corrected chi connectivity index (χ2v) is 6.48. The molecule has 6 nitrogen and oxygen atoms in total. The molecule has 0 aliphatic carbocycles. The zero-order valence-corrected chi connectivity index (χ0v) is 13.6. The standard InChI is InChI=1S/C14H24N2O4S/c1-4-12(16-8-5-9-21(15,17)18)11-6-7-13(19-2)14(10-11)20-3/h6-7,10,12,16H,4-5,8-9H2,1-3H3,(H2,15,17,18). The van der Waals surface area contributed by atoms with E-state index in [0.29, 0.717) is 24.5 Å². The average molecular weight is 316 g/mol. The van der Waals surface area contributed by atoms with Gasteiger partial charge in [-0.1, -0.05) is 13.0 Å². The van der Waals surface area contributed by atoms with Gasteiger partial charge in [0.2, 0.25) is 10.0 Å². The molecule has 21 heavy (non-hydrogen) atoms. The van der Waals surface area contributed by atoms with Crippen molar-refractivity contribution in [3.05, 3.63) is 23.8 Å². The molecule has 1 rings (SSSR count). The van der Waals surface area contributed by atoms with Crippen molar-refractivity contribution < 1.29 is 17.9 Å². The van der Waals surface area contributed by atoms with Gasteiger partial charge >= 0.3 is 0 Å². The first-order chi connectivity index (χ1) is 9.91. The van der Waals surface area contributed by atoms with E-state index in [4.69, 9.17) is 14.6 Å². The van der Waals surface area contributed by atoms with E-state index < -0.39 is 10.0 Å². The van der Waals surface area contributed by atoms with E-state index in [1.165, 1.54) is 0 Å². The molecule has 1 atom stereocenters. The van der Waals surface area contributed by atoms with Crippen molar-refractivity contribution in [2.45, 2.75) is 25.8 Å². The number of hydrogen-bond donors (Lipinski definition) is 2. The van der Waals surface area contributed by atoms with E-state index in [-0.39, 0.29) is 11.8 Å². The summed E-state index contributed by atoms with van der Waals surface area (Å²) in [6.45, 7) is 2.65. The molecule has 0 radical (unpaired) electrons. The van der Waals surface area contributed by atoms with Gasteiger partial charge in [0.15, 0.2) is 11.5 Å². The minimum Gasteiger partial charge on any atom is -0.493 e. The van der Waals surface area contributed by atoms with Crippen LogP contribution in [0.15, 0.2) is 18.2 Å². The number of nitrogens with one attached hydrogen (secondary N) is 1. The number of ether oxygens (including phenoxy) is 2. The van der Waals surface area contributed by atoms with Crippen molar-refractivity contribution >= 4 is 10.0 Å². The highest BCUT2D eigenvalue weighted by Crippen LogP contribution is 2.30. The van der Waals surface area contributed by atoms with Gasteiger partial charge in [0, 0.05) is 6.04 Å². The molecule has 0 fully saturated rings. The molecule has 0 bridgehead atoms. The molecule has 1 aromatic carbocycles. The zero-order chi connectivity index (χ0) is 15.9. The summed E-state index contributed by atoms with van der Waals surface area (Å²) in [5.41, 5.74) is 1.07. The lowest BCUT2D eigenvalue weighted by Gasteiger charge is -2.19. The third kappa shape index (κ3) is 5.91. The Balaban J connectivity index is 2.67. The summed E-state index contributed by atoms with van der Waals surface area (Å²) in [4.78, 5) is 0. The maximum absolute atomic E-state index is 10.9. The Morgan fingerprint density at radius 2 is 1.90 bits per heavy atom. The van der Waals surface area contributed by atoms with Gasteiger partial charge in [-0.25, -0.2) is 13.6 Å². The van der Waals surface area contributed by atoms with Gasteiger partial charge in [0.1, 0.15) is 0 Å². The summed E-state index contributed by atoms with van der Waals surface area (Å²) in [6, 6.07) is 5.90. The molecule has 7 heteroatoms. The molecule has 0 amide bonds. The summed E-state index contributed by atoms with van der Waals surface area (Å²) in [5, 5.41) is 8.31. The Morgan fingerprint density at radius 3 is 2.43 bits per heavy atom. The van der Waals surface area contributed by atoms with Crippen LogP contribution in [-0.2, 0) is 10.0 Å². The Kier molecular flexibility index (Phi) is 6.94. The second kappa shape index (κ2) is 8.21. The van der Waals surface area contributed by atoms with Crippen LogP contribution < -0.4 is 19.9 Å². The molecule has 0 aliphatic rings. The molecule has 0 aliphatic heterocycles. The van der Waals surface area contributed by atoms with Crippen LogP contribution in [-0.4, -0.2) is 34.9 Å². The summed E-state index contributed by atoms with van der Waals surface area (Å²) in [6.07, 6.45) is 1.37. The molecule has 0 saturated carbocycles. The molecular weight excluding hydrogens is 292 g/mol. The van der Waals surface area contributed by atoms with Crippen LogP contribution in [0.4, 0.5) is 0 Å². The molecule has 0 spiro atoms. The summed E-state index contributed by atoms with van der Waals surface area (Å²) in [5.74, 6) is 1.35. The fraction of sp³-hybridized carbons (Fsp3) is 0.571. The van der Waals surface area contributed by atoms with Gasteiger partial charge in [-0.05, 0) is 37.1 Å². The third-order valence-electron chi connectivity index (χ3n) is 3.21. The first kappa shape index (κ1) is 17.7. The quantitative estimate of drug-likeness (QED) is 0.672. The SMILES string of the molecule is CCC(NCCCS(N)(=O)=O)c1ccc(OC)c(OC)c1. The van der Waals surface area contributed by atoms with Crippen LogP contribution in [0.5, 0.6) is 11.5 Å². The lowest BCUT2D eigenvalue weighted by atomic mass is 10.0. The number of rotatable bonds is 9. The molecule has 1 unspecified atom stereocenters. The summed E-state index contributed by atoms with van der Waals surface area (Å²) < 4.78 is 32.3. The van der Waals surface area contributed by atoms with Crippen LogP contribution >= 0.6 is 0 Å². The van der Waals surface area contributed by atoms with Crippen molar-refractivity contribution in [1.82, 2.24) is 5.32 Å². The smallest absolute Gasteiger partial charge is 0.209 e. The highest BCUT2D eigenvalue weighted by atomic mass is 32.2. The number of primary sulfonamides is 1. The summed E-state index contributed by atoms with van der Waals surface area (Å²) in [7, 11) is -0.193. The van der Waals surface area contributed by atoms with Gasteiger partial charge in [0.05, 0.1) is 20.0 Å². The number of sulfonamides is 1. The molecule has 0 aromatic heterocycles. The maximum atomic E-state index is 10.9. The minimum absolute atomic E-state index is 0.0115. The topological polar surface area (TPSA) is 90.7 Å². The third-order valence-corrected chi connectivity index (χ3v) is 4.07. The lowest BCUT2D eigenvalue weighted by Crippen LogP contribution is -2.25. The Bertz CT molecular complexity index is 546. The van der Waals surface area contributed by atoms with Crippen molar-refractivity contribution in [2.24, 2.45) is 5.14 Å². The fourth-order valence-electron chi connectivity index (χ4n) is 2.12. The van der Waals surface area contributed by atoms with Gasteiger partial charge in [-0.3, -0.25) is 0 Å². The Morgan fingerprint density at radius 1 is 1.24 bits per heavy atom. The van der Waals surface area contributed by atoms with Crippen LogP contribution in [0, 0.1) is 0 Å². The molecular formula is C14H24N2O4S. The van der Waals surface area contributed by atoms with Gasteiger partial charge in [0.25, 0.3) is 0 Å². The summed E-state index contributed by atoms with van der Waals surface area (Å²) >= 11 is 0. The predicted molar refractivity (Wildman–Crippen MR) is 83.2 cm³/mol. The van der Waals surface area contributed by atoms with E-state index in [1.54, 1.807) is 14.2 Å². The first-order valence-electron chi connectivity index (χ1n) is 6.87. The van der Waals surface area contributed by atoms with Gasteiger partial charge < -0.3 is 14.8 Å². The second-order valence-electron chi connectivity index (χ2n) is 4.75. The van der Waals surface area contributed by atoms with E-state index in [2.05, 4.69) is 12.2 Å². The van der Waals surface area contributed by atoms with Gasteiger partial charge in [-0.15, -0.1) is 0 Å². The minimum atomic E-state index is -3.39. The van der Waals surface area contributed by atoms with Crippen molar-refractivity contribution in [2.75, 3.05) is 26.5 Å². The van der Waals surface area contributed by atoms with Crippen molar-refractivity contribution in [3.8, 4) is 11.5 Å². The monoisotopic (exact) mass is 316 g/mol. The van der Waals surface area contributed by atoms with Crippen molar-refractivity contribution in [1.29, 1.82) is 0 Å². The molecule has 0 saturated heterocycles. The molecule has 0 heterocycles. The molecule has 120 valence electrons. The predicted octanol–water partition coefficient (Wildman–Crippen LogP) is 1.42. The van der Waals surface area contributed by atoms with E-state index >= 15 is 0 Å². The maximum Gasteiger partial charge on any atom is 0.209 e. The number of hydrogen-bond acceptors (Lipinski definition) is 5. The Hall–Kier alpha value is -1.31.